The smallest absolute Gasteiger partial charge is 0.503 e. The molecule has 0 bridgehead atoms. The molecular formula is C41H24N4OPt. The molecule has 6 heteroatoms. The Morgan fingerprint density at radius 2 is 1.38 bits per heavy atom. The van der Waals surface area contributed by atoms with E-state index < -0.39 is 0 Å². The van der Waals surface area contributed by atoms with Gasteiger partial charge >= 0.3 is 21.1 Å². The minimum atomic E-state index is 0. The number of hydrogen-bond acceptors (Lipinski definition) is 4. The number of pyridine rings is 1. The van der Waals surface area contributed by atoms with E-state index in [1.54, 1.807) is 0 Å². The van der Waals surface area contributed by atoms with Gasteiger partial charge in [0.25, 0.3) is 0 Å². The van der Waals surface area contributed by atoms with E-state index in [2.05, 4.69) is 87.6 Å². The van der Waals surface area contributed by atoms with Crippen molar-refractivity contribution in [3.8, 4) is 39.7 Å². The number of rotatable bonds is 5. The van der Waals surface area contributed by atoms with Crippen molar-refractivity contribution in [3.63, 3.8) is 0 Å². The Balaban J connectivity index is 0.00000324. The van der Waals surface area contributed by atoms with Gasteiger partial charge in [-0.05, 0) is 51.4 Å². The quantitative estimate of drug-likeness (QED) is 0.163. The van der Waals surface area contributed by atoms with E-state index in [4.69, 9.17) is 9.72 Å². The molecule has 0 aliphatic rings. The molecule has 0 atom stereocenters. The zero-order valence-corrected chi connectivity index (χ0v) is 27.1. The van der Waals surface area contributed by atoms with Crippen molar-refractivity contribution < 1.29 is 25.8 Å². The van der Waals surface area contributed by atoms with E-state index in [0.29, 0.717) is 11.5 Å². The summed E-state index contributed by atoms with van der Waals surface area (Å²) in [6.07, 6.45) is 1.82. The normalized spacial score (nSPS) is 11.2. The molecule has 47 heavy (non-hydrogen) atoms. The van der Waals surface area contributed by atoms with Crippen LogP contribution in [0.2, 0.25) is 0 Å². The third-order valence-corrected chi connectivity index (χ3v) is 8.36. The third-order valence-electron chi connectivity index (χ3n) is 8.36. The average Bonchev–Trinajstić information content (AvgIpc) is 3.46. The molecule has 0 fully saturated rings. The minimum absolute atomic E-state index is 0. The molecule has 9 rings (SSSR count). The van der Waals surface area contributed by atoms with Crippen LogP contribution in [0.15, 0.2) is 146 Å². The summed E-state index contributed by atoms with van der Waals surface area (Å²) >= 11 is 0. The van der Waals surface area contributed by atoms with Gasteiger partial charge < -0.3 is 9.30 Å². The molecule has 3 heterocycles. The van der Waals surface area contributed by atoms with Gasteiger partial charge in [0.1, 0.15) is 5.82 Å². The Hall–Kier alpha value is -5.64. The average molecular weight is 784 g/mol. The summed E-state index contributed by atoms with van der Waals surface area (Å²) in [7, 11) is 0. The standard InChI is InChI=1S/C41H24N4O.Pt/c1-2-10-27(11-3-1)30-22-31(37-25-29-13-5-7-15-36(29)43-44-37)24-33(23-30)46-32-18-19-35-39(26-32)45(40-16-8-9-21-42-40)38-20-17-28-12-4-6-14-34(28)41(35)38;/h1-23,25H;/q-2;+2. The zero-order valence-electron chi connectivity index (χ0n) is 24.9. The van der Waals surface area contributed by atoms with Crippen molar-refractivity contribution in [3.05, 3.63) is 158 Å². The minimum Gasteiger partial charge on any atom is -0.503 e. The number of nitrogens with zero attached hydrogens (tertiary/aromatic N) is 4. The SMILES string of the molecule is [Pt+2].[c-]1c(Oc2[c-]c3c(cc2)c2c4ccccc4ccc2n3-c2ccccn2)cc(-c2ccccc2)cc1-c1cc2ccccc2nn1. The third kappa shape index (κ3) is 5.15. The first-order valence-corrected chi connectivity index (χ1v) is 15.1. The Morgan fingerprint density at radius 1 is 0.574 bits per heavy atom. The van der Waals surface area contributed by atoms with E-state index in [1.807, 2.05) is 85.1 Å². The molecule has 0 aliphatic heterocycles. The number of fused-ring (bicyclic) bond motifs is 6. The fraction of sp³-hybridized carbons (Fsp3) is 0. The number of aromatic nitrogens is 4. The van der Waals surface area contributed by atoms with Gasteiger partial charge in [-0.2, -0.15) is 11.2 Å². The van der Waals surface area contributed by atoms with Gasteiger partial charge in [-0.25, -0.2) is 10.1 Å². The Bertz CT molecular complexity index is 2560. The Kier molecular flexibility index (Phi) is 7.32. The summed E-state index contributed by atoms with van der Waals surface area (Å²) in [6.45, 7) is 0. The topological polar surface area (TPSA) is 52.8 Å². The van der Waals surface area contributed by atoms with E-state index in [1.165, 1.54) is 10.8 Å². The van der Waals surface area contributed by atoms with Gasteiger partial charge in [0.2, 0.25) is 0 Å². The molecule has 5 nitrogen and oxygen atoms in total. The van der Waals surface area contributed by atoms with Crippen LogP contribution < -0.4 is 4.74 Å². The zero-order chi connectivity index (χ0) is 30.5. The maximum atomic E-state index is 6.58. The molecular weight excluding hydrogens is 760 g/mol. The van der Waals surface area contributed by atoms with Crippen molar-refractivity contribution in [1.82, 2.24) is 19.7 Å². The molecule has 0 N–H and O–H groups in total. The van der Waals surface area contributed by atoms with Gasteiger partial charge in [0.15, 0.2) is 0 Å². The van der Waals surface area contributed by atoms with Crippen LogP contribution in [0.5, 0.6) is 11.5 Å². The Morgan fingerprint density at radius 3 is 2.26 bits per heavy atom. The van der Waals surface area contributed by atoms with Crippen LogP contribution in [-0.4, -0.2) is 19.7 Å². The Labute approximate surface area is 285 Å². The van der Waals surface area contributed by atoms with Crippen LogP contribution in [0.3, 0.4) is 0 Å². The first-order chi connectivity index (χ1) is 22.8. The molecule has 0 unspecified atom stereocenters. The maximum Gasteiger partial charge on any atom is 2.00 e. The molecule has 3 aromatic heterocycles. The molecule has 224 valence electrons. The number of benzene rings is 6. The first-order valence-electron chi connectivity index (χ1n) is 15.1. The van der Waals surface area contributed by atoms with Crippen molar-refractivity contribution in [2.24, 2.45) is 0 Å². The van der Waals surface area contributed by atoms with Gasteiger partial charge in [0.05, 0.1) is 5.52 Å². The number of ether oxygens (including phenoxy) is 1. The fourth-order valence-corrected chi connectivity index (χ4v) is 6.24. The van der Waals surface area contributed by atoms with Crippen LogP contribution >= 0.6 is 0 Å². The summed E-state index contributed by atoms with van der Waals surface area (Å²) < 4.78 is 8.74. The molecule has 0 saturated heterocycles. The second kappa shape index (κ2) is 11.9. The predicted molar refractivity (Wildman–Crippen MR) is 184 cm³/mol. The summed E-state index contributed by atoms with van der Waals surface area (Å²) in [6, 6.07) is 54.3. The molecule has 0 saturated carbocycles. The van der Waals surface area contributed by atoms with Crippen LogP contribution in [-0.2, 0) is 21.1 Å². The van der Waals surface area contributed by atoms with Crippen LogP contribution in [0.4, 0.5) is 0 Å². The molecule has 0 amide bonds. The molecule has 6 aromatic carbocycles. The second-order valence-electron chi connectivity index (χ2n) is 11.2. The fourth-order valence-electron chi connectivity index (χ4n) is 6.24. The van der Waals surface area contributed by atoms with Crippen LogP contribution in [0, 0.1) is 12.1 Å². The number of hydrogen-bond donors (Lipinski definition) is 0. The van der Waals surface area contributed by atoms with E-state index >= 15 is 0 Å². The van der Waals surface area contributed by atoms with Gasteiger partial charge in [-0.15, -0.1) is 29.1 Å². The van der Waals surface area contributed by atoms with Crippen molar-refractivity contribution >= 4 is 43.5 Å². The maximum absolute atomic E-state index is 6.58. The second-order valence-corrected chi connectivity index (χ2v) is 11.2. The van der Waals surface area contributed by atoms with E-state index in [0.717, 1.165) is 60.9 Å². The van der Waals surface area contributed by atoms with Crippen LogP contribution in [0.1, 0.15) is 0 Å². The van der Waals surface area contributed by atoms with E-state index in [-0.39, 0.29) is 21.1 Å². The monoisotopic (exact) mass is 783 g/mol. The van der Waals surface area contributed by atoms with E-state index in [9.17, 15) is 0 Å². The summed E-state index contributed by atoms with van der Waals surface area (Å²) in [5.41, 5.74) is 6.39. The molecule has 9 aromatic rings. The van der Waals surface area contributed by atoms with Crippen LogP contribution in [0.25, 0.3) is 71.7 Å². The summed E-state index contributed by atoms with van der Waals surface area (Å²) in [4.78, 5) is 4.71. The van der Waals surface area contributed by atoms with Crippen molar-refractivity contribution in [2.75, 3.05) is 0 Å². The largest absolute Gasteiger partial charge is 2.00 e. The van der Waals surface area contributed by atoms with Gasteiger partial charge in [0, 0.05) is 28.9 Å². The van der Waals surface area contributed by atoms with Gasteiger partial charge in [-0.3, -0.25) is 0 Å². The van der Waals surface area contributed by atoms with Gasteiger partial charge in [-0.1, -0.05) is 114 Å². The summed E-state index contributed by atoms with van der Waals surface area (Å²) in [5.74, 6) is 1.96. The molecule has 0 radical (unpaired) electrons. The molecule has 0 aliphatic carbocycles. The first kappa shape index (κ1) is 28.8. The summed E-state index contributed by atoms with van der Waals surface area (Å²) in [5, 5.41) is 14.6. The van der Waals surface area contributed by atoms with Crippen molar-refractivity contribution in [2.45, 2.75) is 0 Å². The van der Waals surface area contributed by atoms with Crippen molar-refractivity contribution in [1.29, 1.82) is 0 Å². The predicted octanol–water partition coefficient (Wildman–Crippen LogP) is 10.00. The molecule has 0 spiro atoms.